The van der Waals surface area contributed by atoms with Crippen molar-refractivity contribution in [2.45, 2.75) is 18.2 Å². The molecule has 0 unspecified atom stereocenters. The van der Waals surface area contributed by atoms with E-state index in [0.717, 1.165) is 13.1 Å². The Bertz CT molecular complexity index is 698. The molecule has 2 fully saturated rings. The van der Waals surface area contributed by atoms with Crippen molar-refractivity contribution in [1.82, 2.24) is 9.62 Å². The molecular formula is C14H20ClN3O4S. The Morgan fingerprint density at radius 1 is 1.30 bits per heavy atom. The van der Waals surface area contributed by atoms with Crippen molar-refractivity contribution >= 4 is 28.1 Å². The minimum absolute atomic E-state index is 0. The number of halogens is 1. The quantitative estimate of drug-likeness (QED) is 0.646. The maximum absolute atomic E-state index is 12.9. The number of non-ortho nitro benzene ring substituents is 1. The number of fused-ring (bicyclic) bond motifs is 1. The van der Waals surface area contributed by atoms with Gasteiger partial charge in [0.2, 0.25) is 10.0 Å². The maximum Gasteiger partial charge on any atom is 0.270 e. The Balaban J connectivity index is 0.00000192. The first-order chi connectivity index (χ1) is 10.4. The molecule has 0 spiro atoms. The lowest BCUT2D eigenvalue weighted by Crippen LogP contribution is -2.32. The average Bonchev–Trinajstić information content (AvgIpc) is 3.07. The molecule has 0 aromatic heterocycles. The zero-order valence-electron chi connectivity index (χ0n) is 12.8. The van der Waals surface area contributed by atoms with E-state index < -0.39 is 14.9 Å². The molecule has 1 aromatic rings. The van der Waals surface area contributed by atoms with E-state index in [0.29, 0.717) is 36.9 Å². The number of nitrogens with one attached hydrogen (secondary N) is 1. The van der Waals surface area contributed by atoms with Crippen LogP contribution in [0.2, 0.25) is 0 Å². The number of rotatable bonds is 4. The van der Waals surface area contributed by atoms with Gasteiger partial charge in [-0.15, -0.1) is 12.4 Å². The van der Waals surface area contributed by atoms with Gasteiger partial charge in [-0.2, -0.15) is 4.31 Å². The summed E-state index contributed by atoms with van der Waals surface area (Å²) in [5.41, 5.74) is 0.442. The zero-order valence-corrected chi connectivity index (χ0v) is 14.4. The lowest BCUT2D eigenvalue weighted by molar-refractivity contribution is -0.385. The molecule has 2 heterocycles. The number of benzene rings is 1. The fourth-order valence-corrected chi connectivity index (χ4v) is 5.20. The molecule has 3 rings (SSSR count). The molecule has 0 radical (unpaired) electrons. The second-order valence-electron chi connectivity index (χ2n) is 5.90. The van der Waals surface area contributed by atoms with Gasteiger partial charge in [-0.3, -0.25) is 10.1 Å². The van der Waals surface area contributed by atoms with Gasteiger partial charge in [0.25, 0.3) is 5.69 Å². The lowest BCUT2D eigenvalue weighted by Gasteiger charge is -2.19. The third kappa shape index (κ3) is 3.21. The first-order valence-electron chi connectivity index (χ1n) is 7.41. The number of nitrogens with zero attached hydrogens (tertiary/aromatic N) is 2. The van der Waals surface area contributed by atoms with Crippen molar-refractivity contribution in [3.05, 3.63) is 33.9 Å². The van der Waals surface area contributed by atoms with Gasteiger partial charge in [0, 0.05) is 25.2 Å². The van der Waals surface area contributed by atoms with Crippen LogP contribution >= 0.6 is 12.4 Å². The van der Waals surface area contributed by atoms with Crippen molar-refractivity contribution in [3.63, 3.8) is 0 Å². The Labute approximate surface area is 141 Å². The highest BCUT2D eigenvalue weighted by Gasteiger charge is 2.42. The minimum Gasteiger partial charge on any atom is -0.316 e. The van der Waals surface area contributed by atoms with Gasteiger partial charge in [0.1, 0.15) is 0 Å². The Morgan fingerprint density at radius 3 is 2.43 bits per heavy atom. The Morgan fingerprint density at radius 2 is 1.91 bits per heavy atom. The van der Waals surface area contributed by atoms with E-state index in [1.807, 2.05) is 6.92 Å². The topological polar surface area (TPSA) is 92.5 Å². The molecule has 128 valence electrons. The normalized spacial score (nSPS) is 24.2. The molecule has 1 N–H and O–H groups in total. The molecule has 7 nitrogen and oxygen atoms in total. The average molecular weight is 362 g/mol. The lowest BCUT2D eigenvalue weighted by atomic mass is 10.0. The molecule has 2 aliphatic rings. The summed E-state index contributed by atoms with van der Waals surface area (Å²) in [6, 6.07) is 4.10. The number of sulfonamides is 1. The standard InChI is InChI=1S/C14H19N3O4S.ClH/c1-2-10-3-4-13(17(18)19)5-14(10)22(20,21)16-8-11-6-15-7-12(11)9-16;/h3-5,11-12,15H,2,6-9H2,1H3;1H/t11-,12+;. The Hall–Kier alpha value is -1.22. The van der Waals surface area contributed by atoms with E-state index in [4.69, 9.17) is 0 Å². The molecule has 0 aliphatic carbocycles. The van der Waals surface area contributed by atoms with Crippen LogP contribution in [0.15, 0.2) is 23.1 Å². The van der Waals surface area contributed by atoms with Crippen molar-refractivity contribution in [3.8, 4) is 0 Å². The molecule has 0 bridgehead atoms. The van der Waals surface area contributed by atoms with Gasteiger partial charge in [0.15, 0.2) is 0 Å². The SMILES string of the molecule is CCc1ccc([N+](=O)[O-])cc1S(=O)(=O)N1C[C@H]2CNC[C@H]2C1.Cl. The van der Waals surface area contributed by atoms with Crippen LogP contribution in [-0.4, -0.2) is 43.8 Å². The van der Waals surface area contributed by atoms with Gasteiger partial charge >= 0.3 is 0 Å². The van der Waals surface area contributed by atoms with Gasteiger partial charge in [0.05, 0.1) is 9.82 Å². The summed E-state index contributed by atoms with van der Waals surface area (Å²) < 4.78 is 27.3. The van der Waals surface area contributed by atoms with E-state index >= 15 is 0 Å². The summed E-state index contributed by atoms with van der Waals surface area (Å²) in [5, 5.41) is 14.2. The predicted molar refractivity (Wildman–Crippen MR) is 88.3 cm³/mol. The van der Waals surface area contributed by atoms with Crippen LogP contribution in [-0.2, 0) is 16.4 Å². The van der Waals surface area contributed by atoms with Gasteiger partial charge in [-0.05, 0) is 36.9 Å². The summed E-state index contributed by atoms with van der Waals surface area (Å²) in [4.78, 5) is 10.5. The largest absolute Gasteiger partial charge is 0.316 e. The first-order valence-corrected chi connectivity index (χ1v) is 8.85. The van der Waals surface area contributed by atoms with E-state index in [1.165, 1.54) is 16.4 Å². The summed E-state index contributed by atoms with van der Waals surface area (Å²) >= 11 is 0. The zero-order chi connectivity index (χ0) is 15.9. The predicted octanol–water partition coefficient (Wildman–Crippen LogP) is 1.42. The molecule has 2 atom stereocenters. The minimum atomic E-state index is -3.68. The van der Waals surface area contributed by atoms with E-state index in [-0.39, 0.29) is 23.0 Å². The van der Waals surface area contributed by atoms with Crippen molar-refractivity contribution in [2.75, 3.05) is 26.2 Å². The molecular weight excluding hydrogens is 342 g/mol. The second kappa shape index (κ2) is 6.72. The summed E-state index contributed by atoms with van der Waals surface area (Å²) in [6.45, 7) is 4.51. The van der Waals surface area contributed by atoms with Gasteiger partial charge in [-0.1, -0.05) is 13.0 Å². The molecule has 1 aromatic carbocycles. The van der Waals surface area contributed by atoms with Crippen LogP contribution in [0.1, 0.15) is 12.5 Å². The summed E-state index contributed by atoms with van der Waals surface area (Å²) in [5.74, 6) is 0.692. The van der Waals surface area contributed by atoms with Crippen molar-refractivity contribution in [1.29, 1.82) is 0 Å². The number of aryl methyl sites for hydroxylation is 1. The number of hydrogen-bond acceptors (Lipinski definition) is 5. The highest BCUT2D eigenvalue weighted by molar-refractivity contribution is 7.89. The summed E-state index contributed by atoms with van der Waals surface area (Å²) in [7, 11) is -3.68. The molecule has 2 saturated heterocycles. The smallest absolute Gasteiger partial charge is 0.270 e. The second-order valence-corrected chi connectivity index (χ2v) is 7.81. The summed E-state index contributed by atoms with van der Waals surface area (Å²) in [6.07, 6.45) is 0.523. The van der Waals surface area contributed by atoms with Crippen LogP contribution in [0.3, 0.4) is 0 Å². The van der Waals surface area contributed by atoms with Gasteiger partial charge < -0.3 is 5.32 Å². The molecule has 9 heteroatoms. The number of nitro benzene ring substituents is 1. The highest BCUT2D eigenvalue weighted by atomic mass is 35.5. The molecule has 0 amide bonds. The first kappa shape index (κ1) is 18.1. The van der Waals surface area contributed by atoms with Crippen LogP contribution in [0.4, 0.5) is 5.69 Å². The van der Waals surface area contributed by atoms with Crippen LogP contribution in [0.5, 0.6) is 0 Å². The van der Waals surface area contributed by atoms with Crippen molar-refractivity contribution in [2.24, 2.45) is 11.8 Å². The fourth-order valence-electron chi connectivity index (χ4n) is 3.34. The van der Waals surface area contributed by atoms with Crippen LogP contribution in [0, 0.1) is 22.0 Å². The van der Waals surface area contributed by atoms with E-state index in [9.17, 15) is 18.5 Å². The molecule has 2 aliphatic heterocycles. The van der Waals surface area contributed by atoms with Crippen LogP contribution in [0.25, 0.3) is 0 Å². The third-order valence-corrected chi connectivity index (χ3v) is 6.53. The molecule has 23 heavy (non-hydrogen) atoms. The fraction of sp³-hybridized carbons (Fsp3) is 0.571. The van der Waals surface area contributed by atoms with Gasteiger partial charge in [-0.25, -0.2) is 8.42 Å². The van der Waals surface area contributed by atoms with Crippen molar-refractivity contribution < 1.29 is 13.3 Å². The van der Waals surface area contributed by atoms with E-state index in [1.54, 1.807) is 6.07 Å². The third-order valence-electron chi connectivity index (χ3n) is 4.62. The Kier molecular flexibility index (Phi) is 5.30. The number of nitro groups is 1. The van der Waals surface area contributed by atoms with E-state index in [2.05, 4.69) is 5.32 Å². The highest BCUT2D eigenvalue weighted by Crippen LogP contribution is 2.33. The van der Waals surface area contributed by atoms with Crippen LogP contribution < -0.4 is 5.32 Å². The molecule has 0 saturated carbocycles. The monoisotopic (exact) mass is 361 g/mol. The number of hydrogen-bond donors (Lipinski definition) is 1. The maximum atomic E-state index is 12.9.